The molecule has 94 valence electrons. The van der Waals surface area contributed by atoms with Gasteiger partial charge in [0.15, 0.2) is 11.5 Å². The van der Waals surface area contributed by atoms with Crippen LogP contribution in [0.15, 0.2) is 24.3 Å². The molecule has 4 nitrogen and oxygen atoms in total. The number of rotatable bonds is 4. The summed E-state index contributed by atoms with van der Waals surface area (Å²) in [6.07, 6.45) is -0.542. The van der Waals surface area contributed by atoms with Crippen molar-refractivity contribution in [1.82, 2.24) is 4.31 Å². The molecule has 0 N–H and O–H groups in total. The van der Waals surface area contributed by atoms with Crippen molar-refractivity contribution >= 4 is 27.9 Å². The fraction of sp³-hybridized carbons (Fsp3) is 0.364. The zero-order chi connectivity index (χ0) is 12.8. The molecule has 6 heteroatoms. The number of carbonyl (C=O) groups is 1. The van der Waals surface area contributed by atoms with Crippen LogP contribution in [0.25, 0.3) is 0 Å². The van der Waals surface area contributed by atoms with E-state index in [1.807, 2.05) is 19.9 Å². The lowest BCUT2D eigenvalue weighted by Crippen LogP contribution is -2.22. The van der Waals surface area contributed by atoms with Crippen molar-refractivity contribution in [2.75, 3.05) is 7.05 Å². The molecular formula is C11H14ClNO3S. The number of nitrogens with zero attached hydrogens (tertiary/aromatic N) is 1. The van der Waals surface area contributed by atoms with E-state index in [1.165, 1.54) is 11.4 Å². The van der Waals surface area contributed by atoms with Crippen molar-refractivity contribution in [3.8, 4) is 11.5 Å². The van der Waals surface area contributed by atoms with Gasteiger partial charge in [-0.25, -0.2) is 9.10 Å². The molecule has 0 radical (unpaired) electrons. The van der Waals surface area contributed by atoms with E-state index in [0.29, 0.717) is 11.5 Å². The van der Waals surface area contributed by atoms with Gasteiger partial charge in [0.2, 0.25) is 0 Å². The summed E-state index contributed by atoms with van der Waals surface area (Å²) in [5.74, 6) is 0.910. The molecule has 0 saturated heterocycles. The third-order valence-corrected chi connectivity index (χ3v) is 2.75. The minimum absolute atomic E-state index is 0.00924. The van der Waals surface area contributed by atoms with Gasteiger partial charge < -0.3 is 9.47 Å². The van der Waals surface area contributed by atoms with E-state index in [1.54, 1.807) is 18.2 Å². The third-order valence-electron chi connectivity index (χ3n) is 1.77. The van der Waals surface area contributed by atoms with Crippen molar-refractivity contribution in [1.29, 1.82) is 0 Å². The van der Waals surface area contributed by atoms with Gasteiger partial charge in [0.05, 0.1) is 17.3 Å². The predicted octanol–water partition coefficient (Wildman–Crippen LogP) is 3.71. The Kier molecular flexibility index (Phi) is 5.44. The summed E-state index contributed by atoms with van der Waals surface area (Å²) in [6.45, 7) is 3.80. The fourth-order valence-electron chi connectivity index (χ4n) is 1.07. The highest BCUT2D eigenvalue weighted by Gasteiger charge is 2.14. The van der Waals surface area contributed by atoms with E-state index in [9.17, 15) is 4.79 Å². The molecule has 17 heavy (non-hydrogen) atoms. The quantitative estimate of drug-likeness (QED) is 0.785. The van der Waals surface area contributed by atoms with E-state index in [4.69, 9.17) is 20.2 Å². The van der Waals surface area contributed by atoms with E-state index < -0.39 is 6.09 Å². The van der Waals surface area contributed by atoms with Gasteiger partial charge in [0.1, 0.15) is 0 Å². The van der Waals surface area contributed by atoms with Crippen molar-refractivity contribution in [2.45, 2.75) is 20.0 Å². The van der Waals surface area contributed by atoms with Crippen LogP contribution < -0.4 is 9.47 Å². The van der Waals surface area contributed by atoms with Crippen LogP contribution in [0.1, 0.15) is 13.8 Å². The maximum Gasteiger partial charge on any atom is 0.426 e. The predicted molar refractivity (Wildman–Crippen MR) is 69.4 cm³/mol. The normalized spacial score (nSPS) is 10.2. The first kappa shape index (κ1) is 14.0. The maximum atomic E-state index is 11.5. The average Bonchev–Trinajstić information content (AvgIpc) is 2.29. The van der Waals surface area contributed by atoms with Crippen LogP contribution in [0.3, 0.4) is 0 Å². The van der Waals surface area contributed by atoms with Gasteiger partial charge in [0, 0.05) is 7.05 Å². The molecule has 0 bridgehead atoms. The summed E-state index contributed by atoms with van der Waals surface area (Å²) in [5.41, 5.74) is 0. The summed E-state index contributed by atoms with van der Waals surface area (Å²) in [6, 6.07) is 7.00. The first-order valence-electron chi connectivity index (χ1n) is 5.04. The molecule has 1 rings (SSSR count). The molecule has 0 aliphatic heterocycles. The van der Waals surface area contributed by atoms with Gasteiger partial charge in [0.25, 0.3) is 0 Å². The molecule has 0 heterocycles. The monoisotopic (exact) mass is 275 g/mol. The van der Waals surface area contributed by atoms with Crippen LogP contribution >= 0.6 is 21.8 Å². The molecule has 0 saturated carbocycles. The van der Waals surface area contributed by atoms with Gasteiger partial charge in [-0.3, -0.25) is 0 Å². The lowest BCUT2D eigenvalue weighted by Gasteiger charge is -2.16. The number of carbonyl (C=O) groups excluding carboxylic acids is 1. The Bertz CT molecular complexity index is 387. The maximum absolute atomic E-state index is 11.5. The molecule has 1 amide bonds. The Hall–Kier alpha value is -1.07. The second-order valence-electron chi connectivity index (χ2n) is 3.55. The molecule has 0 spiro atoms. The fourth-order valence-corrected chi connectivity index (χ4v) is 1.33. The highest BCUT2D eigenvalue weighted by Crippen LogP contribution is 2.28. The number of hydrogen-bond donors (Lipinski definition) is 0. The minimum atomic E-state index is -0.551. The average molecular weight is 276 g/mol. The Balaban J connectivity index is 2.79. The van der Waals surface area contributed by atoms with Gasteiger partial charge >= 0.3 is 6.09 Å². The van der Waals surface area contributed by atoms with Crippen molar-refractivity contribution in [3.05, 3.63) is 24.3 Å². The number of ether oxygens (including phenoxy) is 2. The number of amides is 1. The molecule has 0 aromatic heterocycles. The van der Waals surface area contributed by atoms with E-state index in [2.05, 4.69) is 0 Å². The van der Waals surface area contributed by atoms with Crippen molar-refractivity contribution < 1.29 is 14.3 Å². The van der Waals surface area contributed by atoms with Gasteiger partial charge in [-0.15, -0.1) is 0 Å². The van der Waals surface area contributed by atoms with Crippen LogP contribution in [0.2, 0.25) is 0 Å². The zero-order valence-corrected chi connectivity index (χ0v) is 11.4. The van der Waals surface area contributed by atoms with Crippen LogP contribution in [0.5, 0.6) is 11.5 Å². The molecule has 0 atom stereocenters. The number of hydrogen-bond acceptors (Lipinski definition) is 4. The highest BCUT2D eigenvalue weighted by atomic mass is 35.7. The largest absolute Gasteiger partial charge is 0.487 e. The summed E-state index contributed by atoms with van der Waals surface area (Å²) in [5, 5.41) is 0. The van der Waals surface area contributed by atoms with Crippen LogP contribution in [0.4, 0.5) is 4.79 Å². The van der Waals surface area contributed by atoms with Crippen LogP contribution in [0, 0.1) is 0 Å². The SMILES string of the molecule is CC(C)Oc1ccccc1OC(=O)N(C)SCl. The summed E-state index contributed by atoms with van der Waals surface area (Å²) in [4.78, 5) is 11.5. The lowest BCUT2D eigenvalue weighted by atomic mass is 10.3. The Labute approximate surface area is 109 Å². The zero-order valence-electron chi connectivity index (χ0n) is 9.84. The molecule has 0 fully saturated rings. The molecule has 1 aromatic carbocycles. The van der Waals surface area contributed by atoms with Crippen LogP contribution in [-0.2, 0) is 0 Å². The van der Waals surface area contributed by atoms with Crippen molar-refractivity contribution in [2.24, 2.45) is 0 Å². The van der Waals surface area contributed by atoms with Crippen molar-refractivity contribution in [3.63, 3.8) is 0 Å². The molecule has 0 unspecified atom stereocenters. The Morgan fingerprint density at radius 1 is 1.35 bits per heavy atom. The van der Waals surface area contributed by atoms with Crippen LogP contribution in [-0.4, -0.2) is 23.6 Å². The number of benzene rings is 1. The molecule has 0 aliphatic carbocycles. The Morgan fingerprint density at radius 2 is 1.94 bits per heavy atom. The smallest absolute Gasteiger partial charge is 0.426 e. The topological polar surface area (TPSA) is 38.8 Å². The van der Waals surface area contributed by atoms with E-state index >= 15 is 0 Å². The van der Waals surface area contributed by atoms with Gasteiger partial charge in [-0.05, 0) is 36.7 Å². The molecule has 0 aliphatic rings. The second-order valence-corrected chi connectivity index (χ2v) is 4.65. The number of halogens is 1. The highest BCUT2D eigenvalue weighted by molar-refractivity contribution is 8.19. The molecular weight excluding hydrogens is 262 g/mol. The van der Waals surface area contributed by atoms with E-state index in [-0.39, 0.29) is 6.10 Å². The Morgan fingerprint density at radius 3 is 2.47 bits per heavy atom. The minimum Gasteiger partial charge on any atom is -0.487 e. The van der Waals surface area contributed by atoms with Gasteiger partial charge in [-0.2, -0.15) is 0 Å². The lowest BCUT2D eigenvalue weighted by molar-refractivity contribution is 0.180. The molecule has 1 aromatic rings. The third kappa shape index (κ3) is 4.36. The summed E-state index contributed by atoms with van der Waals surface area (Å²) < 4.78 is 11.9. The van der Waals surface area contributed by atoms with E-state index in [0.717, 1.165) is 11.2 Å². The summed E-state index contributed by atoms with van der Waals surface area (Å²) >= 11 is 0.762. The van der Waals surface area contributed by atoms with Gasteiger partial charge in [-0.1, -0.05) is 12.1 Å². The first-order valence-corrected chi connectivity index (χ1v) is 6.64. The first-order chi connectivity index (χ1) is 8.04. The number of para-hydroxylation sites is 2. The second kappa shape index (κ2) is 6.61. The standard InChI is InChI=1S/C11H14ClNO3S/c1-8(2)15-9-6-4-5-7-10(9)16-11(14)13(3)17-12/h4-8H,1-3H3. The summed E-state index contributed by atoms with van der Waals surface area (Å²) in [7, 11) is 6.97.